The number of rotatable bonds is 3. The smallest absolute Gasteiger partial charge is 0.278 e. The molecule has 108 valence electrons. The number of aromatic amines is 2. The lowest BCUT2D eigenvalue weighted by Crippen LogP contribution is -2.12. The minimum absolute atomic E-state index is 0.00254. The van der Waals surface area contributed by atoms with Gasteiger partial charge in [0.15, 0.2) is 11.2 Å². The second-order valence-corrected chi connectivity index (χ2v) is 5.77. The topological polar surface area (TPSA) is 147 Å². The molecule has 3 aromatic rings. The first kappa shape index (κ1) is 13.3. The van der Waals surface area contributed by atoms with E-state index >= 15 is 0 Å². The van der Waals surface area contributed by atoms with Crippen LogP contribution in [-0.4, -0.2) is 28.4 Å². The van der Waals surface area contributed by atoms with Crippen LogP contribution in [0.25, 0.3) is 11.2 Å². The maximum absolute atomic E-state index is 11.7. The minimum atomic E-state index is -3.74. The number of nitrogens with two attached hydrogens (primary N) is 1. The van der Waals surface area contributed by atoms with Gasteiger partial charge in [0, 0.05) is 5.69 Å². The molecule has 21 heavy (non-hydrogen) atoms. The fourth-order valence-corrected chi connectivity index (χ4v) is 2.28. The lowest BCUT2D eigenvalue weighted by atomic mass is 10.3. The second-order valence-electron chi connectivity index (χ2n) is 4.21. The van der Waals surface area contributed by atoms with E-state index in [9.17, 15) is 13.2 Å². The minimum Gasteiger partial charge on any atom is -0.339 e. The molecule has 0 radical (unpaired) electrons. The van der Waals surface area contributed by atoms with Crippen LogP contribution in [0.2, 0.25) is 0 Å². The van der Waals surface area contributed by atoms with Crippen molar-refractivity contribution in [1.29, 1.82) is 0 Å². The molecule has 0 aliphatic heterocycles. The van der Waals surface area contributed by atoms with E-state index in [0.717, 1.165) is 0 Å². The van der Waals surface area contributed by atoms with Crippen molar-refractivity contribution < 1.29 is 8.42 Å². The number of imidazole rings is 1. The molecule has 2 heterocycles. The van der Waals surface area contributed by atoms with Crippen molar-refractivity contribution in [3.8, 4) is 0 Å². The van der Waals surface area contributed by atoms with E-state index in [4.69, 9.17) is 5.14 Å². The normalized spacial score (nSPS) is 11.7. The van der Waals surface area contributed by atoms with Gasteiger partial charge in [-0.15, -0.1) is 0 Å². The first-order chi connectivity index (χ1) is 9.93. The number of nitrogens with one attached hydrogen (secondary N) is 3. The number of benzene rings is 1. The van der Waals surface area contributed by atoms with Crippen LogP contribution in [0.15, 0.2) is 40.3 Å². The number of H-pyrrole nitrogens is 2. The van der Waals surface area contributed by atoms with E-state index in [1.165, 1.54) is 30.6 Å². The Labute approximate surface area is 118 Å². The van der Waals surface area contributed by atoms with Crippen LogP contribution in [0.4, 0.5) is 11.6 Å². The predicted octanol–water partition coefficient (Wildman–Crippen LogP) is 0.0372. The molecule has 10 heteroatoms. The Hall–Kier alpha value is -2.72. The zero-order valence-electron chi connectivity index (χ0n) is 10.5. The summed E-state index contributed by atoms with van der Waals surface area (Å²) in [5, 5.41) is 7.86. The van der Waals surface area contributed by atoms with Crippen molar-refractivity contribution >= 4 is 32.8 Å². The van der Waals surface area contributed by atoms with Crippen LogP contribution in [0.1, 0.15) is 0 Å². The Bertz CT molecular complexity index is 958. The number of nitrogens with zero attached hydrogens (tertiary/aromatic N) is 2. The number of primary sulfonamides is 1. The fraction of sp³-hybridized carbons (Fsp3) is 0. The van der Waals surface area contributed by atoms with Gasteiger partial charge in [-0.2, -0.15) is 4.98 Å². The van der Waals surface area contributed by atoms with E-state index in [1.807, 2.05) is 0 Å². The molecule has 0 saturated heterocycles. The van der Waals surface area contributed by atoms with Crippen molar-refractivity contribution in [2.24, 2.45) is 5.14 Å². The van der Waals surface area contributed by atoms with Gasteiger partial charge >= 0.3 is 0 Å². The number of hydrogen-bond acceptors (Lipinski definition) is 6. The highest BCUT2D eigenvalue weighted by Crippen LogP contribution is 2.16. The molecular formula is C11H10N6O3S. The van der Waals surface area contributed by atoms with Crippen molar-refractivity contribution in [3.63, 3.8) is 0 Å². The zero-order valence-corrected chi connectivity index (χ0v) is 11.3. The van der Waals surface area contributed by atoms with Crippen molar-refractivity contribution in [2.75, 3.05) is 5.32 Å². The maximum Gasteiger partial charge on any atom is 0.278 e. The summed E-state index contributed by atoms with van der Waals surface area (Å²) in [5.74, 6) is 0.197. The maximum atomic E-state index is 11.7. The molecule has 1 aromatic carbocycles. The molecule has 3 rings (SSSR count). The van der Waals surface area contributed by atoms with Gasteiger partial charge in [0.05, 0.1) is 11.2 Å². The van der Waals surface area contributed by atoms with E-state index in [2.05, 4.69) is 25.3 Å². The van der Waals surface area contributed by atoms with Crippen molar-refractivity contribution in [1.82, 2.24) is 19.9 Å². The molecule has 2 aromatic heterocycles. The molecular weight excluding hydrogens is 296 g/mol. The number of sulfonamides is 1. The van der Waals surface area contributed by atoms with E-state index in [0.29, 0.717) is 5.69 Å². The third kappa shape index (κ3) is 2.61. The van der Waals surface area contributed by atoms with Gasteiger partial charge in [-0.3, -0.25) is 9.78 Å². The van der Waals surface area contributed by atoms with E-state index < -0.39 is 10.0 Å². The van der Waals surface area contributed by atoms with Crippen LogP contribution in [0.5, 0.6) is 0 Å². The van der Waals surface area contributed by atoms with Gasteiger partial charge < -0.3 is 10.3 Å². The Morgan fingerprint density at radius 2 is 1.90 bits per heavy atom. The SMILES string of the molecule is NS(=O)(=O)c1ccc(Nc2nc3nc[nH]c3c(=O)[nH]2)cc1. The van der Waals surface area contributed by atoms with Crippen LogP contribution in [-0.2, 0) is 10.0 Å². The third-order valence-electron chi connectivity index (χ3n) is 2.74. The Morgan fingerprint density at radius 3 is 2.57 bits per heavy atom. The summed E-state index contributed by atoms with van der Waals surface area (Å²) in [7, 11) is -3.74. The lowest BCUT2D eigenvalue weighted by Gasteiger charge is -2.05. The average molecular weight is 306 g/mol. The summed E-state index contributed by atoms with van der Waals surface area (Å²) < 4.78 is 22.3. The molecule has 0 amide bonds. The Morgan fingerprint density at radius 1 is 1.19 bits per heavy atom. The molecule has 0 saturated carbocycles. The number of aromatic nitrogens is 4. The fourth-order valence-electron chi connectivity index (χ4n) is 1.77. The Kier molecular flexibility index (Phi) is 2.96. The van der Waals surface area contributed by atoms with Crippen LogP contribution in [0.3, 0.4) is 0 Å². The number of anilines is 2. The molecule has 9 nitrogen and oxygen atoms in total. The summed E-state index contributed by atoms with van der Waals surface area (Å²) in [6, 6.07) is 5.72. The van der Waals surface area contributed by atoms with E-state index in [1.54, 1.807) is 0 Å². The van der Waals surface area contributed by atoms with Gasteiger partial charge in [0.2, 0.25) is 16.0 Å². The van der Waals surface area contributed by atoms with Gasteiger partial charge in [-0.05, 0) is 24.3 Å². The first-order valence-electron chi connectivity index (χ1n) is 5.77. The highest BCUT2D eigenvalue weighted by atomic mass is 32.2. The van der Waals surface area contributed by atoms with Gasteiger partial charge in [0.1, 0.15) is 0 Å². The summed E-state index contributed by atoms with van der Waals surface area (Å²) >= 11 is 0. The average Bonchev–Trinajstić information content (AvgIpc) is 2.87. The first-order valence-corrected chi connectivity index (χ1v) is 7.31. The van der Waals surface area contributed by atoms with Gasteiger partial charge in [0.25, 0.3) is 5.56 Å². The van der Waals surface area contributed by atoms with Crippen LogP contribution >= 0.6 is 0 Å². The van der Waals surface area contributed by atoms with Crippen LogP contribution < -0.4 is 16.0 Å². The summed E-state index contributed by atoms with van der Waals surface area (Å²) in [4.78, 5) is 25.0. The molecule has 0 fully saturated rings. The summed E-state index contributed by atoms with van der Waals surface area (Å²) in [6.45, 7) is 0. The lowest BCUT2D eigenvalue weighted by molar-refractivity contribution is 0.598. The number of hydrogen-bond donors (Lipinski definition) is 4. The van der Waals surface area contributed by atoms with E-state index in [-0.39, 0.29) is 27.6 Å². The monoisotopic (exact) mass is 306 g/mol. The largest absolute Gasteiger partial charge is 0.339 e. The predicted molar refractivity (Wildman–Crippen MR) is 75.6 cm³/mol. The molecule has 0 aliphatic carbocycles. The number of fused-ring (bicyclic) bond motifs is 1. The standard InChI is InChI=1S/C11H10N6O3S/c12-21(19,20)7-3-1-6(2-4-7)15-11-16-9-8(10(18)17-11)13-5-14-9/h1-5H,(H2,12,19,20)(H3,13,14,15,16,17,18). The zero-order chi connectivity index (χ0) is 15.0. The molecule has 5 N–H and O–H groups in total. The van der Waals surface area contributed by atoms with Crippen molar-refractivity contribution in [2.45, 2.75) is 4.90 Å². The Balaban J connectivity index is 1.93. The molecule has 0 atom stereocenters. The molecule has 0 spiro atoms. The second kappa shape index (κ2) is 4.68. The van der Waals surface area contributed by atoms with Gasteiger partial charge in [-0.1, -0.05) is 0 Å². The third-order valence-corrected chi connectivity index (χ3v) is 3.67. The highest BCUT2D eigenvalue weighted by Gasteiger charge is 2.08. The van der Waals surface area contributed by atoms with Crippen molar-refractivity contribution in [3.05, 3.63) is 40.9 Å². The summed E-state index contributed by atoms with van der Waals surface area (Å²) in [6.07, 6.45) is 1.37. The highest BCUT2D eigenvalue weighted by molar-refractivity contribution is 7.89. The van der Waals surface area contributed by atoms with Crippen LogP contribution in [0, 0.1) is 0 Å². The molecule has 0 bridgehead atoms. The molecule has 0 unspecified atom stereocenters. The summed E-state index contributed by atoms with van der Waals surface area (Å²) in [5.41, 5.74) is 0.745. The molecule has 0 aliphatic rings. The van der Waals surface area contributed by atoms with Gasteiger partial charge in [-0.25, -0.2) is 18.5 Å². The quantitative estimate of drug-likeness (QED) is 0.537.